The van der Waals surface area contributed by atoms with E-state index in [9.17, 15) is 0 Å². The van der Waals surface area contributed by atoms with E-state index in [1.54, 1.807) is 26.6 Å². The number of aryl methyl sites for hydroxylation is 1. The zero-order valence-corrected chi connectivity index (χ0v) is 17.9. The minimum atomic E-state index is 0.592. The molecule has 0 spiro atoms. The predicted molar refractivity (Wildman–Crippen MR) is 124 cm³/mol. The first-order valence-corrected chi connectivity index (χ1v) is 9.80. The third-order valence-corrected chi connectivity index (χ3v) is 4.87. The van der Waals surface area contributed by atoms with E-state index in [-0.39, 0.29) is 0 Å². The molecule has 0 aliphatic carbocycles. The summed E-state index contributed by atoms with van der Waals surface area (Å²) in [6, 6.07) is 15.5. The van der Waals surface area contributed by atoms with Gasteiger partial charge in [-0.3, -0.25) is 4.98 Å². The maximum Gasteiger partial charge on any atom is 0.184 e. The van der Waals surface area contributed by atoms with E-state index in [1.807, 2.05) is 62.4 Å². The van der Waals surface area contributed by atoms with Gasteiger partial charge in [-0.15, -0.1) is 0 Å². The fourth-order valence-corrected chi connectivity index (χ4v) is 3.11. The molecule has 31 heavy (non-hydrogen) atoms. The summed E-state index contributed by atoms with van der Waals surface area (Å²) < 4.78 is 10.6. The Bertz CT molecular complexity index is 1260. The van der Waals surface area contributed by atoms with Crippen molar-refractivity contribution in [1.82, 2.24) is 15.0 Å². The largest absolute Gasteiger partial charge is 0.497 e. The Morgan fingerprint density at radius 1 is 1.03 bits per heavy atom. The molecule has 2 heterocycles. The summed E-state index contributed by atoms with van der Waals surface area (Å²) in [4.78, 5) is 18.2. The van der Waals surface area contributed by atoms with E-state index in [0.717, 1.165) is 39.2 Å². The number of nitrogens with zero attached hydrogens (tertiary/aromatic N) is 4. The van der Waals surface area contributed by atoms with Crippen LogP contribution in [0.1, 0.15) is 12.5 Å². The standard InChI is InChI=1S/C24H23N5O2/c1-15-7-8-18(12-22(15)26-16(2)30-3)27-24-20-13-19(31-4)9-10-21(20)28-23(29-24)17-6-5-11-25-14-17/h5-14H,1-4H3,(H,27,28,29). The van der Waals surface area contributed by atoms with Gasteiger partial charge in [0.25, 0.3) is 0 Å². The van der Waals surface area contributed by atoms with Crippen molar-refractivity contribution in [2.75, 3.05) is 19.5 Å². The molecule has 0 fully saturated rings. The van der Waals surface area contributed by atoms with Gasteiger partial charge in [-0.1, -0.05) is 6.07 Å². The normalized spacial score (nSPS) is 11.4. The quantitative estimate of drug-likeness (QED) is 0.346. The average Bonchev–Trinajstić information content (AvgIpc) is 2.81. The van der Waals surface area contributed by atoms with Crippen LogP contribution < -0.4 is 10.1 Å². The van der Waals surface area contributed by atoms with E-state index >= 15 is 0 Å². The molecule has 4 rings (SSSR count). The summed E-state index contributed by atoms with van der Waals surface area (Å²) in [7, 11) is 3.25. The minimum absolute atomic E-state index is 0.592. The highest BCUT2D eigenvalue weighted by Gasteiger charge is 2.12. The Morgan fingerprint density at radius 3 is 2.65 bits per heavy atom. The maximum atomic E-state index is 5.41. The molecule has 2 aromatic heterocycles. The van der Waals surface area contributed by atoms with Crippen LogP contribution in [0.5, 0.6) is 5.75 Å². The number of methoxy groups -OCH3 is 2. The van der Waals surface area contributed by atoms with E-state index in [4.69, 9.17) is 19.4 Å². The molecular formula is C24H23N5O2. The summed E-state index contributed by atoms with van der Waals surface area (Å²) in [5, 5.41) is 4.28. The van der Waals surface area contributed by atoms with E-state index < -0.39 is 0 Å². The zero-order valence-electron chi connectivity index (χ0n) is 17.9. The van der Waals surface area contributed by atoms with Crippen LogP contribution in [0.4, 0.5) is 17.2 Å². The topological polar surface area (TPSA) is 81.5 Å². The molecule has 0 saturated heterocycles. The van der Waals surface area contributed by atoms with Gasteiger partial charge in [0, 0.05) is 36.0 Å². The number of rotatable bonds is 5. The van der Waals surface area contributed by atoms with Crippen molar-refractivity contribution >= 4 is 34.0 Å². The molecule has 7 nitrogen and oxygen atoms in total. The minimum Gasteiger partial charge on any atom is -0.497 e. The van der Waals surface area contributed by atoms with E-state index in [0.29, 0.717) is 17.5 Å². The van der Waals surface area contributed by atoms with Gasteiger partial charge in [0.05, 0.1) is 25.4 Å². The van der Waals surface area contributed by atoms with Crippen molar-refractivity contribution in [1.29, 1.82) is 0 Å². The second-order valence-electron chi connectivity index (χ2n) is 6.98. The summed E-state index contributed by atoms with van der Waals surface area (Å²) in [6.45, 7) is 3.83. The van der Waals surface area contributed by atoms with Crippen molar-refractivity contribution < 1.29 is 9.47 Å². The lowest BCUT2D eigenvalue weighted by Crippen LogP contribution is -2.00. The predicted octanol–water partition coefficient (Wildman–Crippen LogP) is 5.45. The summed E-state index contributed by atoms with van der Waals surface area (Å²) in [6.07, 6.45) is 3.48. The molecule has 0 aliphatic rings. The number of hydrogen-bond acceptors (Lipinski definition) is 7. The molecule has 0 bridgehead atoms. The van der Waals surface area contributed by atoms with Crippen molar-refractivity contribution in [2.24, 2.45) is 4.99 Å². The average molecular weight is 413 g/mol. The van der Waals surface area contributed by atoms with Crippen LogP contribution in [0.25, 0.3) is 22.3 Å². The lowest BCUT2D eigenvalue weighted by atomic mass is 10.1. The third-order valence-electron chi connectivity index (χ3n) is 4.87. The van der Waals surface area contributed by atoms with Gasteiger partial charge in [0.1, 0.15) is 11.6 Å². The number of fused-ring (bicyclic) bond motifs is 1. The first-order valence-electron chi connectivity index (χ1n) is 9.80. The van der Waals surface area contributed by atoms with Crippen LogP contribution in [0.2, 0.25) is 0 Å². The van der Waals surface area contributed by atoms with E-state index in [2.05, 4.69) is 15.3 Å². The number of pyridine rings is 1. The smallest absolute Gasteiger partial charge is 0.184 e. The monoisotopic (exact) mass is 413 g/mol. The molecule has 2 aromatic carbocycles. The number of ether oxygens (including phenoxy) is 2. The number of aliphatic imine (C=N–C) groups is 1. The van der Waals surface area contributed by atoms with Gasteiger partial charge in [-0.05, 0) is 55.0 Å². The molecule has 1 N–H and O–H groups in total. The highest BCUT2D eigenvalue weighted by Crippen LogP contribution is 2.31. The van der Waals surface area contributed by atoms with Crippen LogP contribution >= 0.6 is 0 Å². The first-order chi connectivity index (χ1) is 15.1. The van der Waals surface area contributed by atoms with Crippen molar-refractivity contribution in [3.8, 4) is 17.1 Å². The van der Waals surface area contributed by atoms with Crippen LogP contribution in [0, 0.1) is 6.92 Å². The molecule has 0 radical (unpaired) electrons. The Labute approximate surface area is 180 Å². The lowest BCUT2D eigenvalue weighted by Gasteiger charge is -2.13. The molecule has 7 heteroatoms. The molecule has 0 amide bonds. The first kappa shape index (κ1) is 20.3. The van der Waals surface area contributed by atoms with Crippen LogP contribution in [-0.4, -0.2) is 35.1 Å². The van der Waals surface area contributed by atoms with Gasteiger partial charge in [-0.25, -0.2) is 15.0 Å². The highest BCUT2D eigenvalue weighted by atomic mass is 16.5. The van der Waals surface area contributed by atoms with Gasteiger partial charge in [0.15, 0.2) is 11.7 Å². The Balaban J connectivity index is 1.83. The van der Waals surface area contributed by atoms with E-state index in [1.165, 1.54) is 0 Å². The maximum absolute atomic E-state index is 5.41. The zero-order chi connectivity index (χ0) is 21.8. The van der Waals surface area contributed by atoms with Crippen molar-refractivity contribution in [3.63, 3.8) is 0 Å². The molecule has 0 saturated carbocycles. The Kier molecular flexibility index (Phi) is 5.75. The van der Waals surface area contributed by atoms with Gasteiger partial charge >= 0.3 is 0 Å². The fraction of sp³-hybridized carbons (Fsp3) is 0.167. The summed E-state index contributed by atoms with van der Waals surface area (Å²) in [5.41, 5.74) is 4.37. The molecule has 4 aromatic rings. The fourth-order valence-electron chi connectivity index (χ4n) is 3.11. The van der Waals surface area contributed by atoms with Gasteiger partial charge in [-0.2, -0.15) is 0 Å². The SMILES string of the molecule is COC(C)=Nc1cc(Nc2nc(-c3cccnc3)nc3ccc(OC)cc23)ccc1C. The Hall–Kier alpha value is -4.00. The second-order valence-corrected chi connectivity index (χ2v) is 6.98. The van der Waals surface area contributed by atoms with Crippen LogP contribution in [-0.2, 0) is 4.74 Å². The molecule has 156 valence electrons. The highest BCUT2D eigenvalue weighted by molar-refractivity contribution is 5.93. The summed E-state index contributed by atoms with van der Waals surface area (Å²) >= 11 is 0. The molecule has 0 atom stereocenters. The number of benzene rings is 2. The number of hydrogen-bond donors (Lipinski definition) is 1. The van der Waals surface area contributed by atoms with Crippen molar-refractivity contribution in [3.05, 3.63) is 66.5 Å². The molecule has 0 unspecified atom stereocenters. The van der Waals surface area contributed by atoms with Crippen molar-refractivity contribution in [2.45, 2.75) is 13.8 Å². The van der Waals surface area contributed by atoms with Gasteiger partial charge in [0.2, 0.25) is 0 Å². The second kappa shape index (κ2) is 8.79. The molecular weight excluding hydrogens is 390 g/mol. The van der Waals surface area contributed by atoms with Crippen LogP contribution in [0.3, 0.4) is 0 Å². The number of anilines is 2. The summed E-state index contributed by atoms with van der Waals surface area (Å²) in [5.74, 6) is 2.59. The number of aromatic nitrogens is 3. The number of nitrogens with one attached hydrogen (secondary N) is 1. The lowest BCUT2D eigenvalue weighted by molar-refractivity contribution is 0.400. The van der Waals surface area contributed by atoms with Crippen LogP contribution in [0.15, 0.2) is 65.9 Å². The third kappa shape index (κ3) is 4.45. The molecule has 0 aliphatic heterocycles. The van der Waals surface area contributed by atoms with Gasteiger partial charge < -0.3 is 14.8 Å². The Morgan fingerprint density at radius 2 is 1.90 bits per heavy atom.